The van der Waals surface area contributed by atoms with E-state index >= 15 is 0 Å². The van der Waals surface area contributed by atoms with Crippen LogP contribution in [0.1, 0.15) is 78.8 Å². The van der Waals surface area contributed by atoms with Crippen molar-refractivity contribution in [1.29, 1.82) is 0 Å². The van der Waals surface area contributed by atoms with Crippen molar-refractivity contribution in [2.75, 3.05) is 0 Å². The molecule has 198 valence electrons. The minimum absolute atomic E-state index is 0. The van der Waals surface area contributed by atoms with Crippen LogP contribution in [0.3, 0.4) is 0 Å². The van der Waals surface area contributed by atoms with Gasteiger partial charge in [0, 0.05) is 18.0 Å². The van der Waals surface area contributed by atoms with Crippen LogP contribution in [0, 0.1) is 0 Å². The van der Waals surface area contributed by atoms with Crippen LogP contribution in [-0.4, -0.2) is 20.4 Å². The second-order valence-corrected chi connectivity index (χ2v) is 13.1. The largest absolute Gasteiger partial charge is 1.00 e. The Labute approximate surface area is 322 Å². The van der Waals surface area contributed by atoms with Crippen molar-refractivity contribution in [3.8, 4) is 0 Å². The summed E-state index contributed by atoms with van der Waals surface area (Å²) < 4.78 is 23.6. The second-order valence-electron chi connectivity index (χ2n) is 9.25. The Morgan fingerprint density at radius 2 is 1.18 bits per heavy atom. The number of hydrogen-bond acceptors (Lipinski definition) is 8. The van der Waals surface area contributed by atoms with Gasteiger partial charge >= 0.3 is 118 Å². The molecule has 1 rings (SSSR count). The first-order chi connectivity index (χ1) is 16.2. The normalized spacial score (nSPS) is 12.6. The van der Waals surface area contributed by atoms with Crippen molar-refractivity contribution in [3.63, 3.8) is 0 Å². The number of nitrogens with zero attached hydrogens (tertiary/aromatic N) is 3. The quantitative estimate of drug-likeness (QED) is 0.107. The van der Waals surface area contributed by atoms with Crippen LogP contribution in [0.4, 0.5) is 0 Å². The van der Waals surface area contributed by atoms with E-state index in [1.165, 1.54) is 27.6 Å². The Morgan fingerprint density at radius 1 is 0.769 bits per heavy atom. The average Bonchev–Trinajstić information content (AvgIpc) is 3.16. The molecule has 39 heavy (non-hydrogen) atoms. The molecule has 0 atom stereocenters. The third-order valence-corrected chi connectivity index (χ3v) is 9.01. The molecule has 0 saturated carbocycles. The summed E-state index contributed by atoms with van der Waals surface area (Å²) >= 11 is 0. The van der Waals surface area contributed by atoms with Gasteiger partial charge in [-0.25, -0.2) is 4.68 Å². The molecule has 15 heteroatoms. The molecule has 0 aliphatic carbocycles. The number of allylic oxidation sites excluding steroid dienone is 8. The van der Waals surface area contributed by atoms with Crippen molar-refractivity contribution in [2.24, 2.45) is 0 Å². The first kappa shape index (κ1) is 48.3. The number of rotatable bonds is 15. The third kappa shape index (κ3) is 23.5. The molecule has 0 fully saturated rings. The van der Waals surface area contributed by atoms with E-state index < -0.39 is 27.0 Å². The molecule has 0 unspecified atom stereocenters. The molecule has 9 nitrogen and oxygen atoms in total. The zero-order valence-corrected chi connectivity index (χ0v) is 35.1. The van der Waals surface area contributed by atoms with Crippen molar-refractivity contribution in [3.05, 3.63) is 58.5 Å². The van der Waals surface area contributed by atoms with Gasteiger partial charge in [-0.15, -0.1) is 5.10 Å². The first-order valence-electron chi connectivity index (χ1n) is 11.7. The van der Waals surface area contributed by atoms with Gasteiger partial charge in [-0.2, -0.15) is 0 Å². The van der Waals surface area contributed by atoms with E-state index in [-0.39, 0.29) is 124 Å². The molecule has 0 spiro atoms. The maximum atomic E-state index is 11.1. The Morgan fingerprint density at radius 3 is 1.59 bits per heavy atom. The van der Waals surface area contributed by atoms with Gasteiger partial charge in [0.2, 0.25) is 0 Å². The molecular weight excluding hydrogens is 580 g/mol. The minimum Gasteiger partial charge on any atom is -0.810 e. The molecule has 0 aliphatic heterocycles. The number of aromatic nitrogens is 3. The molecule has 0 amide bonds. The zero-order chi connectivity index (χ0) is 26.6. The van der Waals surface area contributed by atoms with Crippen LogP contribution in [0.15, 0.2) is 52.8 Å². The van der Waals surface area contributed by atoms with E-state index in [0.717, 1.165) is 44.1 Å². The second kappa shape index (κ2) is 24.7. The molecule has 1 aromatic rings. The van der Waals surface area contributed by atoms with Gasteiger partial charge in [-0.05, 0) is 73.1 Å². The van der Waals surface area contributed by atoms with E-state index in [0.29, 0.717) is 6.54 Å². The summed E-state index contributed by atoms with van der Waals surface area (Å²) in [5, 5.41) is 4.92. The van der Waals surface area contributed by atoms with Crippen LogP contribution in [0.2, 0.25) is 0 Å². The molecular formula is C24H37N3Na4O6P2. The predicted octanol–water partition coefficient (Wildman–Crippen LogP) is -8.86. The minimum atomic E-state index is -5.61. The smallest absolute Gasteiger partial charge is 0.810 e. The van der Waals surface area contributed by atoms with Gasteiger partial charge in [-0.3, -0.25) is 0 Å². The van der Waals surface area contributed by atoms with Crippen molar-refractivity contribution >= 4 is 15.2 Å². The fraction of sp³-hybridized carbons (Fsp3) is 0.583. The SMILES string of the molecule is CC(C)=CCC/C(C)=C/CC/C(C)=C/CCC(C)=CCn1cc(CC(P(=O)([O-])[O-])P(=O)([O-])[O-])nn1.[Na+].[Na+].[Na+].[Na+]. The van der Waals surface area contributed by atoms with Gasteiger partial charge in [0.1, 0.15) is 0 Å². The fourth-order valence-corrected chi connectivity index (χ4v) is 5.55. The van der Waals surface area contributed by atoms with Crippen molar-refractivity contribution in [2.45, 2.75) is 91.5 Å². The summed E-state index contributed by atoms with van der Waals surface area (Å²) in [6.07, 6.45) is 15.3. The summed E-state index contributed by atoms with van der Waals surface area (Å²) in [6, 6.07) is 0. The third-order valence-electron chi connectivity index (χ3n) is 5.49. The zero-order valence-electron chi connectivity index (χ0n) is 25.3. The molecule has 0 N–H and O–H groups in total. The van der Waals surface area contributed by atoms with Gasteiger partial charge in [0.25, 0.3) is 0 Å². The maximum Gasteiger partial charge on any atom is 1.00 e. The predicted molar refractivity (Wildman–Crippen MR) is 131 cm³/mol. The monoisotopic (exact) mass is 617 g/mol. The van der Waals surface area contributed by atoms with Crippen LogP contribution in [-0.2, 0) is 22.1 Å². The number of hydrogen-bond donors (Lipinski definition) is 0. The summed E-state index contributed by atoms with van der Waals surface area (Å²) in [6.45, 7) is 10.9. The van der Waals surface area contributed by atoms with Gasteiger partial charge in [-0.1, -0.05) is 67.0 Å². The molecule has 0 bridgehead atoms. The molecule has 1 heterocycles. The topological polar surface area (TPSA) is 157 Å². The molecule has 0 saturated heterocycles. The fourth-order valence-electron chi connectivity index (χ4n) is 3.34. The van der Waals surface area contributed by atoms with Crippen LogP contribution in [0.25, 0.3) is 0 Å². The Balaban J connectivity index is -0.00000153. The van der Waals surface area contributed by atoms with Gasteiger partial charge in [0.15, 0.2) is 0 Å². The van der Waals surface area contributed by atoms with Gasteiger partial charge < -0.3 is 28.7 Å². The van der Waals surface area contributed by atoms with Crippen LogP contribution < -0.4 is 138 Å². The van der Waals surface area contributed by atoms with Crippen LogP contribution >= 0.6 is 15.2 Å². The standard InChI is InChI=1S/C24H41N3O6P2.4Na/c1-19(2)9-6-10-20(3)11-7-12-21(4)13-8-14-22(5)15-16-27-18-23(25-26-27)17-24(34(28,29)30)35(31,32)33;;;;/h9,11,13,15,18,24H,6-8,10,12,14,16-17H2,1-5H3,(H2,28,29,30)(H2,31,32,33);;;;/q;4*+1/p-4/b20-11+,21-13+,22-15?;;;;. The van der Waals surface area contributed by atoms with Gasteiger partial charge in [0.05, 0.1) is 12.2 Å². The maximum absolute atomic E-state index is 11.1. The molecule has 0 aliphatic rings. The molecule has 1 aromatic heterocycles. The Hall–Kier alpha value is 2.40. The summed E-state index contributed by atoms with van der Waals surface area (Å²) in [4.78, 5) is 44.5. The summed E-state index contributed by atoms with van der Waals surface area (Å²) in [7, 11) is -11.2. The van der Waals surface area contributed by atoms with E-state index in [2.05, 4.69) is 56.2 Å². The average molecular weight is 617 g/mol. The van der Waals surface area contributed by atoms with Crippen molar-refractivity contribution in [1.82, 2.24) is 15.0 Å². The van der Waals surface area contributed by atoms with E-state index in [9.17, 15) is 28.7 Å². The molecule has 0 radical (unpaired) electrons. The Kier molecular flexibility index (Phi) is 30.6. The van der Waals surface area contributed by atoms with E-state index in [4.69, 9.17) is 0 Å². The first-order valence-corrected chi connectivity index (χ1v) is 14.9. The van der Waals surface area contributed by atoms with E-state index in [1.807, 2.05) is 13.0 Å². The summed E-state index contributed by atoms with van der Waals surface area (Å²) in [5.74, 6) is 0. The van der Waals surface area contributed by atoms with Crippen LogP contribution in [0.5, 0.6) is 0 Å². The van der Waals surface area contributed by atoms with Crippen molar-refractivity contribution < 1.29 is 147 Å². The Bertz CT molecular complexity index is 1020. The van der Waals surface area contributed by atoms with E-state index in [1.54, 1.807) is 0 Å². The summed E-state index contributed by atoms with van der Waals surface area (Å²) in [5.41, 5.74) is 5.22. The molecule has 0 aromatic carbocycles.